The zero-order valence-electron chi connectivity index (χ0n) is 11.2. The van der Waals surface area contributed by atoms with E-state index in [0.29, 0.717) is 18.7 Å². The SMILES string of the molecule is CNc1ccc(C(=O)N2CCCC(O)C2)cc1[N+](=O)[O-]. The number of anilines is 1. The summed E-state index contributed by atoms with van der Waals surface area (Å²) in [6.45, 7) is 0.845. The number of aliphatic hydroxyl groups is 1. The minimum absolute atomic E-state index is 0.129. The Bertz CT molecular complexity index is 532. The van der Waals surface area contributed by atoms with Crippen molar-refractivity contribution in [2.24, 2.45) is 0 Å². The predicted molar refractivity (Wildman–Crippen MR) is 73.8 cm³/mol. The molecule has 1 aromatic rings. The van der Waals surface area contributed by atoms with E-state index in [2.05, 4.69) is 5.32 Å². The van der Waals surface area contributed by atoms with Gasteiger partial charge in [0.15, 0.2) is 0 Å². The van der Waals surface area contributed by atoms with Crippen molar-refractivity contribution in [2.45, 2.75) is 18.9 Å². The number of hydrogen-bond donors (Lipinski definition) is 2. The van der Waals surface area contributed by atoms with E-state index in [1.54, 1.807) is 13.1 Å². The van der Waals surface area contributed by atoms with Gasteiger partial charge in [0.1, 0.15) is 5.69 Å². The molecule has 1 atom stereocenters. The van der Waals surface area contributed by atoms with E-state index in [4.69, 9.17) is 0 Å². The third kappa shape index (κ3) is 2.88. The Morgan fingerprint density at radius 3 is 2.90 bits per heavy atom. The molecule has 1 amide bonds. The molecule has 0 spiro atoms. The summed E-state index contributed by atoms with van der Waals surface area (Å²) in [5, 5.41) is 23.3. The standard InChI is InChI=1S/C13H17N3O4/c1-14-11-5-4-9(7-12(11)16(19)20)13(18)15-6-2-3-10(17)8-15/h4-5,7,10,14,17H,2-3,6,8H2,1H3. The maximum Gasteiger partial charge on any atom is 0.293 e. The number of nitrogens with one attached hydrogen (secondary N) is 1. The molecule has 0 bridgehead atoms. The van der Waals surface area contributed by atoms with Gasteiger partial charge < -0.3 is 15.3 Å². The van der Waals surface area contributed by atoms with Crippen LogP contribution in [-0.2, 0) is 0 Å². The van der Waals surface area contributed by atoms with Crippen LogP contribution in [0.2, 0.25) is 0 Å². The Morgan fingerprint density at radius 2 is 2.30 bits per heavy atom. The van der Waals surface area contributed by atoms with E-state index in [9.17, 15) is 20.0 Å². The van der Waals surface area contributed by atoms with E-state index in [1.807, 2.05) is 0 Å². The molecule has 7 heteroatoms. The van der Waals surface area contributed by atoms with Crippen LogP contribution in [0.4, 0.5) is 11.4 Å². The van der Waals surface area contributed by atoms with Crippen LogP contribution < -0.4 is 5.32 Å². The number of nitro benzene ring substituents is 1. The van der Waals surface area contributed by atoms with Gasteiger partial charge in [-0.25, -0.2) is 0 Å². The number of piperidine rings is 1. The number of hydrogen-bond acceptors (Lipinski definition) is 5. The quantitative estimate of drug-likeness (QED) is 0.641. The highest BCUT2D eigenvalue weighted by Gasteiger charge is 2.25. The lowest BCUT2D eigenvalue weighted by molar-refractivity contribution is -0.384. The minimum Gasteiger partial charge on any atom is -0.391 e. The highest BCUT2D eigenvalue weighted by atomic mass is 16.6. The van der Waals surface area contributed by atoms with E-state index < -0.39 is 11.0 Å². The summed E-state index contributed by atoms with van der Waals surface area (Å²) in [7, 11) is 1.59. The summed E-state index contributed by atoms with van der Waals surface area (Å²) < 4.78 is 0. The smallest absolute Gasteiger partial charge is 0.293 e. The zero-order chi connectivity index (χ0) is 14.7. The molecule has 2 N–H and O–H groups in total. The average Bonchev–Trinajstić information content (AvgIpc) is 2.45. The third-order valence-corrected chi connectivity index (χ3v) is 3.39. The Balaban J connectivity index is 2.26. The number of likely N-dealkylation sites (tertiary alicyclic amines) is 1. The minimum atomic E-state index is -0.520. The maximum atomic E-state index is 12.3. The largest absolute Gasteiger partial charge is 0.391 e. The molecule has 1 fully saturated rings. The van der Waals surface area contributed by atoms with Crippen LogP contribution in [0.5, 0.6) is 0 Å². The van der Waals surface area contributed by atoms with E-state index in [0.717, 1.165) is 6.42 Å². The Hall–Kier alpha value is -2.15. The molecule has 7 nitrogen and oxygen atoms in total. The van der Waals surface area contributed by atoms with Crippen molar-refractivity contribution in [1.82, 2.24) is 4.90 Å². The fourth-order valence-corrected chi connectivity index (χ4v) is 2.35. The van der Waals surface area contributed by atoms with Crippen LogP contribution in [0.25, 0.3) is 0 Å². The van der Waals surface area contributed by atoms with Gasteiger partial charge in [0.2, 0.25) is 0 Å². The molecule has 0 radical (unpaired) electrons. The first-order valence-electron chi connectivity index (χ1n) is 6.46. The summed E-state index contributed by atoms with van der Waals surface area (Å²) in [6, 6.07) is 4.35. The molecule has 20 heavy (non-hydrogen) atoms. The molecule has 1 aliphatic heterocycles. The first-order chi connectivity index (χ1) is 9.52. The lowest BCUT2D eigenvalue weighted by atomic mass is 10.1. The summed E-state index contributed by atoms with van der Waals surface area (Å²) in [6.07, 6.45) is 0.908. The van der Waals surface area contributed by atoms with E-state index >= 15 is 0 Å². The summed E-state index contributed by atoms with van der Waals surface area (Å²) in [5.74, 6) is -0.283. The Labute approximate surface area is 116 Å². The Morgan fingerprint density at radius 1 is 1.55 bits per heavy atom. The molecule has 1 heterocycles. The van der Waals surface area contributed by atoms with Crippen molar-refractivity contribution in [3.8, 4) is 0 Å². The van der Waals surface area contributed by atoms with Crippen LogP contribution in [0, 0.1) is 10.1 Å². The van der Waals surface area contributed by atoms with Crippen molar-refractivity contribution in [3.63, 3.8) is 0 Å². The number of β-amino-alcohol motifs (C(OH)–C–C–N with tert-alkyl or cyclic N) is 1. The molecule has 1 aliphatic rings. The Kier molecular flexibility index (Phi) is 4.19. The van der Waals surface area contributed by atoms with Crippen molar-refractivity contribution >= 4 is 17.3 Å². The molecular weight excluding hydrogens is 262 g/mol. The molecule has 0 saturated carbocycles. The third-order valence-electron chi connectivity index (χ3n) is 3.39. The maximum absolute atomic E-state index is 12.3. The van der Waals surface area contributed by atoms with Gasteiger partial charge in [-0.15, -0.1) is 0 Å². The number of amides is 1. The average molecular weight is 279 g/mol. The van der Waals surface area contributed by atoms with Crippen molar-refractivity contribution < 1.29 is 14.8 Å². The fraction of sp³-hybridized carbons (Fsp3) is 0.462. The highest BCUT2D eigenvalue weighted by molar-refractivity contribution is 5.95. The van der Waals surface area contributed by atoms with Gasteiger partial charge in [-0.05, 0) is 25.0 Å². The molecule has 0 aromatic heterocycles. The lowest BCUT2D eigenvalue weighted by Crippen LogP contribution is -2.42. The summed E-state index contributed by atoms with van der Waals surface area (Å²) in [5.41, 5.74) is 0.505. The van der Waals surface area contributed by atoms with Gasteiger partial charge in [0, 0.05) is 31.8 Å². The molecule has 2 rings (SSSR count). The molecule has 1 unspecified atom stereocenters. The molecule has 1 saturated heterocycles. The normalized spacial score (nSPS) is 18.7. The highest BCUT2D eigenvalue weighted by Crippen LogP contribution is 2.26. The number of aliphatic hydroxyl groups excluding tert-OH is 1. The number of carbonyl (C=O) groups is 1. The van der Waals surface area contributed by atoms with Crippen LogP contribution in [0.15, 0.2) is 18.2 Å². The van der Waals surface area contributed by atoms with Crippen molar-refractivity contribution in [3.05, 3.63) is 33.9 Å². The second-order valence-corrected chi connectivity index (χ2v) is 4.79. The van der Waals surface area contributed by atoms with Crippen molar-refractivity contribution in [1.29, 1.82) is 0 Å². The van der Waals surface area contributed by atoms with E-state index in [-0.39, 0.29) is 23.7 Å². The van der Waals surface area contributed by atoms with Gasteiger partial charge in [-0.2, -0.15) is 0 Å². The zero-order valence-corrected chi connectivity index (χ0v) is 11.2. The topological polar surface area (TPSA) is 95.7 Å². The second-order valence-electron chi connectivity index (χ2n) is 4.79. The predicted octanol–water partition coefficient (Wildman–Crippen LogP) is 1.23. The van der Waals surface area contributed by atoms with Crippen LogP contribution in [-0.4, -0.2) is 47.1 Å². The monoisotopic (exact) mass is 279 g/mol. The van der Waals surface area contributed by atoms with Gasteiger partial charge in [-0.3, -0.25) is 14.9 Å². The number of nitrogens with zero attached hydrogens (tertiary/aromatic N) is 2. The molecular formula is C13H17N3O4. The van der Waals surface area contributed by atoms with Crippen LogP contribution in [0.1, 0.15) is 23.2 Å². The molecule has 108 valence electrons. The van der Waals surface area contributed by atoms with Crippen LogP contribution >= 0.6 is 0 Å². The number of carbonyl (C=O) groups excluding carboxylic acids is 1. The van der Waals surface area contributed by atoms with Gasteiger partial charge in [0.25, 0.3) is 11.6 Å². The van der Waals surface area contributed by atoms with Crippen molar-refractivity contribution in [2.75, 3.05) is 25.5 Å². The number of rotatable bonds is 3. The molecule has 0 aliphatic carbocycles. The van der Waals surface area contributed by atoms with Gasteiger partial charge in [0.05, 0.1) is 11.0 Å². The summed E-state index contributed by atoms with van der Waals surface area (Å²) in [4.78, 5) is 24.3. The van der Waals surface area contributed by atoms with E-state index in [1.165, 1.54) is 17.0 Å². The number of benzene rings is 1. The summed E-state index contributed by atoms with van der Waals surface area (Å²) >= 11 is 0. The second kappa shape index (κ2) is 5.87. The molecule has 1 aromatic carbocycles. The van der Waals surface area contributed by atoms with Gasteiger partial charge >= 0.3 is 0 Å². The lowest BCUT2D eigenvalue weighted by Gasteiger charge is -2.30. The van der Waals surface area contributed by atoms with Gasteiger partial charge in [-0.1, -0.05) is 0 Å². The van der Waals surface area contributed by atoms with Crippen LogP contribution in [0.3, 0.4) is 0 Å². The fourth-order valence-electron chi connectivity index (χ4n) is 2.35. The number of nitro groups is 1. The first-order valence-corrected chi connectivity index (χ1v) is 6.46. The first kappa shape index (κ1) is 14.3.